The molecule has 138 valence electrons. The van der Waals surface area contributed by atoms with Gasteiger partial charge in [0.1, 0.15) is 5.57 Å². The van der Waals surface area contributed by atoms with Gasteiger partial charge in [-0.2, -0.15) is 0 Å². The first-order valence-electron chi connectivity index (χ1n) is 8.16. The fourth-order valence-electron chi connectivity index (χ4n) is 2.59. The molecule has 2 aromatic rings. The first-order chi connectivity index (χ1) is 13.0. The number of rotatable bonds is 6. The molecule has 0 spiro atoms. The highest BCUT2D eigenvalue weighted by molar-refractivity contribution is 8.39. The molecule has 2 aromatic carbocycles. The Kier molecular flexibility index (Phi) is 6.03. The molecule has 0 bridgehead atoms. The SMILES string of the molecule is CC(=O)C(C(N)=O)=C1SC(C(=O)OC(c2ccccc2)c2ccccc2)S1. The van der Waals surface area contributed by atoms with Crippen LogP contribution in [0.25, 0.3) is 0 Å². The molecule has 0 atom stereocenters. The molecule has 3 rings (SSSR count). The van der Waals surface area contributed by atoms with E-state index < -0.39 is 28.3 Å². The summed E-state index contributed by atoms with van der Waals surface area (Å²) in [6.45, 7) is 1.28. The van der Waals surface area contributed by atoms with Crippen LogP contribution in [0.1, 0.15) is 24.2 Å². The van der Waals surface area contributed by atoms with E-state index in [1.807, 2.05) is 60.7 Å². The van der Waals surface area contributed by atoms with E-state index in [9.17, 15) is 14.4 Å². The zero-order valence-corrected chi connectivity index (χ0v) is 16.1. The quantitative estimate of drug-likeness (QED) is 0.347. The van der Waals surface area contributed by atoms with Gasteiger partial charge in [-0.25, -0.2) is 4.79 Å². The summed E-state index contributed by atoms with van der Waals surface area (Å²) in [5, 5.41) is 0. The van der Waals surface area contributed by atoms with Gasteiger partial charge in [-0.05, 0) is 18.1 Å². The Hall–Kier alpha value is -2.51. The van der Waals surface area contributed by atoms with Gasteiger partial charge in [-0.3, -0.25) is 9.59 Å². The average Bonchev–Trinajstić information content (AvgIpc) is 2.62. The average molecular weight is 399 g/mol. The Labute approximate surface area is 165 Å². The molecular formula is C20H17NO4S2. The summed E-state index contributed by atoms with van der Waals surface area (Å²) in [6.07, 6.45) is -0.530. The summed E-state index contributed by atoms with van der Waals surface area (Å²) in [5.74, 6) is -1.61. The van der Waals surface area contributed by atoms with Crippen molar-refractivity contribution in [1.82, 2.24) is 0 Å². The third kappa shape index (κ3) is 4.43. The zero-order valence-electron chi connectivity index (χ0n) is 14.5. The molecule has 0 unspecified atom stereocenters. The number of esters is 1. The number of benzene rings is 2. The normalized spacial score (nSPS) is 15.8. The molecule has 27 heavy (non-hydrogen) atoms. The maximum absolute atomic E-state index is 12.6. The summed E-state index contributed by atoms with van der Waals surface area (Å²) in [5.41, 5.74) is 6.91. The summed E-state index contributed by atoms with van der Waals surface area (Å²) < 4.78 is 5.70. The van der Waals surface area contributed by atoms with Gasteiger partial charge in [0.15, 0.2) is 16.5 Å². The lowest BCUT2D eigenvalue weighted by Crippen LogP contribution is -2.28. The van der Waals surface area contributed by atoms with Crippen molar-refractivity contribution in [2.45, 2.75) is 17.6 Å². The summed E-state index contributed by atoms with van der Waals surface area (Å²) >= 11 is 2.25. The third-order valence-electron chi connectivity index (χ3n) is 3.86. The molecule has 2 N–H and O–H groups in total. The largest absolute Gasteiger partial charge is 0.451 e. The first-order valence-corrected chi connectivity index (χ1v) is 9.92. The number of carbonyl (C=O) groups excluding carboxylic acids is 3. The predicted octanol–water partition coefficient (Wildman–Crippen LogP) is 3.41. The molecule has 1 fully saturated rings. The summed E-state index contributed by atoms with van der Waals surface area (Å²) in [6, 6.07) is 19.0. The minimum Gasteiger partial charge on any atom is -0.451 e. The monoisotopic (exact) mass is 399 g/mol. The second-order valence-electron chi connectivity index (χ2n) is 5.79. The van der Waals surface area contributed by atoms with E-state index in [0.29, 0.717) is 4.24 Å². The lowest BCUT2D eigenvalue weighted by molar-refractivity contribution is -0.145. The number of carbonyl (C=O) groups is 3. The van der Waals surface area contributed by atoms with E-state index in [0.717, 1.165) is 34.7 Å². The summed E-state index contributed by atoms with van der Waals surface area (Å²) in [7, 11) is 0. The lowest BCUT2D eigenvalue weighted by Gasteiger charge is -2.29. The highest BCUT2D eigenvalue weighted by atomic mass is 32.3. The Balaban J connectivity index is 1.76. The van der Waals surface area contributed by atoms with Gasteiger partial charge in [0.2, 0.25) is 0 Å². The molecule has 5 nitrogen and oxygen atoms in total. The van der Waals surface area contributed by atoms with Gasteiger partial charge in [0.25, 0.3) is 5.91 Å². The van der Waals surface area contributed by atoms with Crippen LogP contribution >= 0.6 is 23.5 Å². The van der Waals surface area contributed by atoms with Crippen molar-refractivity contribution in [3.05, 3.63) is 81.6 Å². The number of amides is 1. The zero-order chi connectivity index (χ0) is 19.4. The standard InChI is InChI=1S/C20H17NO4S2/c1-12(22)15(17(21)23)19-26-20(27-19)18(24)25-16(13-8-4-2-5-9-13)14-10-6-3-7-11-14/h2-11,16,20H,1H3,(H2,21,23). The molecule has 0 aromatic heterocycles. The van der Waals surface area contributed by atoms with Crippen molar-refractivity contribution in [3.63, 3.8) is 0 Å². The number of primary amides is 1. The molecule has 1 amide bonds. The number of hydrogen-bond acceptors (Lipinski definition) is 6. The fraction of sp³-hybridized carbons (Fsp3) is 0.150. The molecule has 1 aliphatic rings. The van der Waals surface area contributed by atoms with E-state index in [1.54, 1.807) is 0 Å². The highest BCUT2D eigenvalue weighted by Gasteiger charge is 2.39. The van der Waals surface area contributed by atoms with Gasteiger partial charge in [0, 0.05) is 0 Å². The Morgan fingerprint density at radius 1 is 0.926 bits per heavy atom. The minimum absolute atomic E-state index is 0.0586. The van der Waals surface area contributed by atoms with Crippen molar-refractivity contribution in [3.8, 4) is 0 Å². The van der Waals surface area contributed by atoms with Crippen molar-refractivity contribution >= 4 is 41.2 Å². The summed E-state index contributed by atoms with van der Waals surface area (Å²) in [4.78, 5) is 35.5. The molecule has 0 radical (unpaired) electrons. The van der Waals surface area contributed by atoms with Gasteiger partial charge < -0.3 is 10.5 Å². The van der Waals surface area contributed by atoms with E-state index in [-0.39, 0.29) is 5.57 Å². The van der Waals surface area contributed by atoms with Crippen LogP contribution in [0.3, 0.4) is 0 Å². The van der Waals surface area contributed by atoms with Gasteiger partial charge in [-0.1, -0.05) is 84.2 Å². The van der Waals surface area contributed by atoms with Crippen LogP contribution in [0, 0.1) is 0 Å². The first kappa shape index (κ1) is 19.3. The molecule has 1 aliphatic heterocycles. The Bertz CT molecular complexity index is 833. The topological polar surface area (TPSA) is 86.5 Å². The lowest BCUT2D eigenvalue weighted by atomic mass is 10.0. The number of hydrogen-bond donors (Lipinski definition) is 1. The van der Waals surface area contributed by atoms with Crippen molar-refractivity contribution in [2.75, 3.05) is 0 Å². The maximum atomic E-state index is 12.6. The van der Waals surface area contributed by atoms with E-state index in [2.05, 4.69) is 0 Å². The molecule has 0 aliphatic carbocycles. The number of Topliss-reactive ketones (excluding diaryl/α,β-unsaturated/α-hetero) is 1. The second-order valence-corrected chi connectivity index (χ2v) is 8.58. The minimum atomic E-state index is -0.782. The smallest absolute Gasteiger partial charge is 0.331 e. The number of thioether (sulfide) groups is 2. The van der Waals surface area contributed by atoms with E-state index in [1.165, 1.54) is 6.92 Å². The maximum Gasteiger partial charge on any atom is 0.331 e. The number of nitrogens with two attached hydrogens (primary N) is 1. The molecule has 1 saturated heterocycles. The van der Waals surface area contributed by atoms with Crippen LogP contribution in [-0.4, -0.2) is 22.2 Å². The third-order valence-corrected chi connectivity index (χ3v) is 6.67. The van der Waals surface area contributed by atoms with Gasteiger partial charge >= 0.3 is 5.97 Å². The van der Waals surface area contributed by atoms with Crippen LogP contribution in [-0.2, 0) is 19.1 Å². The Morgan fingerprint density at radius 2 is 1.41 bits per heavy atom. The molecular weight excluding hydrogens is 382 g/mol. The van der Waals surface area contributed by atoms with Crippen molar-refractivity contribution in [2.24, 2.45) is 5.73 Å². The molecule has 1 heterocycles. The molecule has 7 heteroatoms. The van der Waals surface area contributed by atoms with E-state index >= 15 is 0 Å². The van der Waals surface area contributed by atoms with E-state index in [4.69, 9.17) is 10.5 Å². The highest BCUT2D eigenvalue weighted by Crippen LogP contribution is 2.53. The van der Waals surface area contributed by atoms with Gasteiger partial charge in [-0.15, -0.1) is 0 Å². The van der Waals surface area contributed by atoms with Gasteiger partial charge in [0.05, 0.1) is 4.24 Å². The fourth-order valence-corrected chi connectivity index (χ4v) is 4.89. The predicted molar refractivity (Wildman–Crippen MR) is 107 cm³/mol. The second kappa shape index (κ2) is 8.45. The number of ether oxygens (including phenoxy) is 1. The number of ketones is 1. The van der Waals surface area contributed by atoms with Crippen LogP contribution in [0.2, 0.25) is 0 Å². The molecule has 0 saturated carbocycles. The van der Waals surface area contributed by atoms with Crippen molar-refractivity contribution in [1.29, 1.82) is 0 Å². The van der Waals surface area contributed by atoms with Crippen LogP contribution < -0.4 is 5.73 Å². The van der Waals surface area contributed by atoms with Crippen LogP contribution in [0.15, 0.2) is 70.5 Å². The Morgan fingerprint density at radius 3 is 1.81 bits per heavy atom. The van der Waals surface area contributed by atoms with Crippen LogP contribution in [0.5, 0.6) is 0 Å². The van der Waals surface area contributed by atoms with Crippen molar-refractivity contribution < 1.29 is 19.1 Å². The van der Waals surface area contributed by atoms with Crippen LogP contribution in [0.4, 0.5) is 0 Å².